The molecule has 5 atom stereocenters. The molecule has 0 radical (unpaired) electrons. The number of hydrogen-bond acceptors (Lipinski definition) is 10. The summed E-state index contributed by atoms with van der Waals surface area (Å²) >= 11 is 1.35. The van der Waals surface area contributed by atoms with Gasteiger partial charge in [-0.1, -0.05) is 42.5 Å². The van der Waals surface area contributed by atoms with Gasteiger partial charge in [0.25, 0.3) is 7.52 Å². The van der Waals surface area contributed by atoms with E-state index in [1.54, 1.807) is 38.1 Å². The maximum absolute atomic E-state index is 12.3. The molecule has 2 aromatic carbocycles. The van der Waals surface area contributed by atoms with Gasteiger partial charge in [-0.05, 0) is 37.1 Å². The summed E-state index contributed by atoms with van der Waals surface area (Å²) in [5.41, 5.74) is 7.19. The van der Waals surface area contributed by atoms with Crippen LogP contribution in [-0.2, 0) is 35.1 Å². The Bertz CT molecular complexity index is 1460. The minimum Gasteiger partial charge on any atom is -0.508 e. The molecule has 2 heterocycles. The van der Waals surface area contributed by atoms with Crippen molar-refractivity contribution in [1.29, 1.82) is 0 Å². The summed E-state index contributed by atoms with van der Waals surface area (Å²) < 4.78 is 15.6. The first-order chi connectivity index (χ1) is 21.0. The lowest BCUT2D eigenvalue weighted by Crippen LogP contribution is -2.71. The van der Waals surface area contributed by atoms with Crippen molar-refractivity contribution in [3.63, 3.8) is 0 Å². The van der Waals surface area contributed by atoms with Gasteiger partial charge in [-0.25, -0.2) is 14.7 Å². The molecular weight excluding hydrogens is 633 g/mol. The Morgan fingerprint density at radius 1 is 1.09 bits per heavy atom. The predicted octanol–water partition coefficient (Wildman–Crippen LogP) is 0.754. The minimum atomic E-state index is -3.94. The van der Waals surface area contributed by atoms with Crippen molar-refractivity contribution >= 4 is 49.1 Å². The Hall–Kier alpha value is -4.15. The molecule has 2 saturated heterocycles. The lowest BCUT2D eigenvalue weighted by Gasteiger charge is -2.43. The Morgan fingerprint density at radius 2 is 1.71 bits per heavy atom. The van der Waals surface area contributed by atoms with Gasteiger partial charge in [0.2, 0.25) is 11.8 Å². The molecule has 4 rings (SSSR count). The van der Waals surface area contributed by atoms with E-state index in [0.717, 1.165) is 5.56 Å². The molecule has 2 aromatic rings. The minimum absolute atomic E-state index is 0.0327. The molecule has 2 aliphatic heterocycles. The number of phenolic OH excluding ortho intramolecular Hbond substituents is 1. The van der Waals surface area contributed by atoms with Crippen LogP contribution in [0.4, 0.5) is 4.79 Å². The average molecular weight is 668 g/mol. The molecule has 0 aliphatic carbocycles. The van der Waals surface area contributed by atoms with E-state index >= 15 is 0 Å². The van der Waals surface area contributed by atoms with Crippen LogP contribution in [0.15, 0.2) is 54.6 Å². The number of carboxylic acids is 2. The smallest absolute Gasteiger partial charge is 0.407 e. The van der Waals surface area contributed by atoms with Crippen LogP contribution >= 0.6 is 19.3 Å². The van der Waals surface area contributed by atoms with Crippen molar-refractivity contribution in [2.24, 2.45) is 5.73 Å². The van der Waals surface area contributed by atoms with Crippen LogP contribution in [0.5, 0.6) is 5.75 Å². The second-order valence-electron chi connectivity index (χ2n) is 10.5. The summed E-state index contributed by atoms with van der Waals surface area (Å²) in [7, 11) is -3.94. The molecule has 0 bridgehead atoms. The van der Waals surface area contributed by atoms with Crippen molar-refractivity contribution in [2.75, 3.05) is 12.8 Å². The highest BCUT2D eigenvalue weighted by Crippen LogP contribution is 2.50. The van der Waals surface area contributed by atoms with Crippen LogP contribution < -0.4 is 21.5 Å². The number of carboxylic acid groups (broad SMARTS) is 2. The number of aromatic hydroxyl groups is 1. The highest BCUT2D eigenvalue weighted by molar-refractivity contribution is 8.01. The highest BCUT2D eigenvalue weighted by Gasteiger charge is 2.64. The number of benzene rings is 2. The normalized spacial score (nSPS) is 21.5. The molecule has 45 heavy (non-hydrogen) atoms. The van der Waals surface area contributed by atoms with E-state index in [9.17, 15) is 43.6 Å². The highest BCUT2D eigenvalue weighted by atomic mass is 32.2. The second-order valence-corrected chi connectivity index (χ2v) is 14.3. The molecule has 2 unspecified atom stereocenters. The molecular formula is C27H34N5O11PS. The summed E-state index contributed by atoms with van der Waals surface area (Å²) in [4.78, 5) is 68.3. The number of thioether (sulfide) groups is 1. The molecule has 3 amide bonds. The summed E-state index contributed by atoms with van der Waals surface area (Å²) in [6.45, 7) is 2.89. The van der Waals surface area contributed by atoms with E-state index in [4.69, 9.17) is 15.6 Å². The molecule has 2 fully saturated rings. The number of amides is 3. The third-order valence-electron chi connectivity index (χ3n) is 6.64. The van der Waals surface area contributed by atoms with Crippen molar-refractivity contribution in [1.82, 2.24) is 20.6 Å². The average Bonchev–Trinajstić information content (AvgIpc) is 3.25. The summed E-state index contributed by atoms with van der Waals surface area (Å²) in [6, 6.07) is 12.1. The van der Waals surface area contributed by atoms with Crippen LogP contribution in [0.25, 0.3) is 0 Å². The van der Waals surface area contributed by atoms with Crippen molar-refractivity contribution in [3.05, 3.63) is 65.7 Å². The number of alkyl carbamates (subject to hydrolysis) is 1. The molecule has 9 N–H and O–H groups in total. The quantitative estimate of drug-likeness (QED) is 0.122. The van der Waals surface area contributed by atoms with Crippen LogP contribution in [0, 0.1) is 0 Å². The number of carbonyl (C=O) groups excluding carboxylic acids is 3. The number of nitrogens with one attached hydrogen (secondary N) is 3. The van der Waals surface area contributed by atoms with Crippen LogP contribution in [-0.4, -0.2) is 90.0 Å². The van der Waals surface area contributed by atoms with E-state index < -0.39 is 78.4 Å². The van der Waals surface area contributed by atoms with E-state index in [-0.39, 0.29) is 12.4 Å². The van der Waals surface area contributed by atoms with Gasteiger partial charge in [0.05, 0.1) is 0 Å². The van der Waals surface area contributed by atoms with Gasteiger partial charge < -0.3 is 46.2 Å². The first kappa shape index (κ1) is 35.3. The summed E-state index contributed by atoms with van der Waals surface area (Å²) in [6.07, 6.45) is -1.48. The molecule has 2 aliphatic rings. The van der Waals surface area contributed by atoms with E-state index in [0.29, 0.717) is 5.56 Å². The van der Waals surface area contributed by atoms with Gasteiger partial charge in [0.1, 0.15) is 48.7 Å². The first-order valence-electron chi connectivity index (χ1n) is 13.3. The van der Waals surface area contributed by atoms with Crippen molar-refractivity contribution in [2.45, 2.75) is 48.7 Å². The maximum Gasteiger partial charge on any atom is 0.407 e. The van der Waals surface area contributed by atoms with Gasteiger partial charge in [-0.15, -0.1) is 11.8 Å². The zero-order valence-electron chi connectivity index (χ0n) is 24.2. The van der Waals surface area contributed by atoms with E-state index in [1.807, 2.05) is 11.2 Å². The topological polar surface area (TPSA) is 258 Å². The molecule has 0 spiro atoms. The molecule has 16 nitrogen and oxygen atoms in total. The van der Waals surface area contributed by atoms with Crippen LogP contribution in [0.3, 0.4) is 0 Å². The van der Waals surface area contributed by atoms with Gasteiger partial charge in [0.15, 0.2) is 0 Å². The SMILES string of the molecule is CC1(C)S[C@@H]2[C@H](NC(=O)C(N)c3ccc(O)cc3)C(=O)N2[C@H]1C(=O)O.O=C(O)CNP(=O)(O)CNC(=O)OCc1ccccc1. The number of rotatable bonds is 11. The fourth-order valence-corrected chi connectivity index (χ4v) is 6.88. The Labute approximate surface area is 261 Å². The number of nitrogens with two attached hydrogens (primary N) is 1. The Kier molecular flexibility index (Phi) is 11.6. The molecule has 0 aromatic heterocycles. The fraction of sp³-hybridized carbons (Fsp3) is 0.370. The van der Waals surface area contributed by atoms with Crippen molar-refractivity contribution < 1.29 is 53.5 Å². The standard InChI is InChI=1S/C16H19N3O5S.C11H15N2O6P/c1-16(2)11(15(23)24)19-13(22)10(14(19)25-16)18-12(21)9(17)7-3-5-8(20)6-4-7;14-10(15)6-13-20(17,18)8-12-11(16)19-7-9-4-2-1-3-5-9/h3-6,9-11,14,20H,17H2,1-2H3,(H,18,21)(H,23,24);1-5H,6-8H2,(H,12,16)(H,14,15)(H2,13,17,18)/t9?,10-,11+,14-;/m1./s1. The predicted molar refractivity (Wildman–Crippen MR) is 161 cm³/mol. The number of β-lactam (4-membered cyclic amide) rings is 1. The summed E-state index contributed by atoms with van der Waals surface area (Å²) in [5.74, 6) is -3.21. The monoisotopic (exact) mass is 667 g/mol. The maximum atomic E-state index is 12.3. The van der Waals surface area contributed by atoms with Gasteiger partial charge in [0, 0.05) is 4.75 Å². The second kappa shape index (κ2) is 14.8. The van der Waals surface area contributed by atoms with Crippen LogP contribution in [0.2, 0.25) is 0 Å². The zero-order chi connectivity index (χ0) is 33.5. The fourth-order valence-electron chi connectivity index (χ4n) is 4.41. The third kappa shape index (κ3) is 9.42. The third-order valence-corrected chi connectivity index (χ3v) is 9.45. The number of fused-ring (bicyclic) bond motifs is 1. The first-order valence-corrected chi connectivity index (χ1v) is 16.1. The number of nitrogens with zero attached hydrogens (tertiary/aromatic N) is 1. The Morgan fingerprint density at radius 3 is 2.29 bits per heavy atom. The number of phenols is 1. The number of aliphatic carboxylic acids is 2. The number of ether oxygens (including phenoxy) is 1. The van der Waals surface area contributed by atoms with E-state index in [1.165, 1.54) is 40.9 Å². The molecule has 18 heteroatoms. The van der Waals surface area contributed by atoms with Gasteiger partial charge in [-0.2, -0.15) is 0 Å². The van der Waals surface area contributed by atoms with Crippen LogP contribution in [0.1, 0.15) is 31.0 Å². The number of carbonyl (C=O) groups is 5. The largest absolute Gasteiger partial charge is 0.508 e. The lowest BCUT2D eigenvalue weighted by atomic mass is 9.95. The van der Waals surface area contributed by atoms with E-state index in [2.05, 4.69) is 10.6 Å². The van der Waals surface area contributed by atoms with Gasteiger partial charge in [-0.3, -0.25) is 18.9 Å². The molecule has 0 saturated carbocycles. The number of hydrogen-bond donors (Lipinski definition) is 8. The lowest BCUT2D eigenvalue weighted by molar-refractivity contribution is -0.161. The summed E-state index contributed by atoms with van der Waals surface area (Å²) in [5, 5.41) is 33.2. The van der Waals surface area contributed by atoms with Gasteiger partial charge >= 0.3 is 18.0 Å². The zero-order valence-corrected chi connectivity index (χ0v) is 25.9. The van der Waals surface area contributed by atoms with Crippen molar-refractivity contribution in [3.8, 4) is 5.75 Å². The molecule has 244 valence electrons. The Balaban J connectivity index is 0.000000253.